The SMILES string of the molecule is CC(C)C(=O)NC1CCCN(C2CC2)C1. The van der Waals surface area contributed by atoms with Crippen LogP contribution in [0.3, 0.4) is 0 Å². The van der Waals surface area contributed by atoms with E-state index in [-0.39, 0.29) is 11.8 Å². The quantitative estimate of drug-likeness (QED) is 0.763. The predicted molar refractivity (Wildman–Crippen MR) is 60.6 cm³/mol. The molecule has 0 bridgehead atoms. The number of hydrogen-bond acceptors (Lipinski definition) is 2. The molecule has 1 atom stereocenters. The summed E-state index contributed by atoms with van der Waals surface area (Å²) in [4.78, 5) is 14.1. The van der Waals surface area contributed by atoms with Gasteiger partial charge in [-0.05, 0) is 32.2 Å². The van der Waals surface area contributed by atoms with Gasteiger partial charge in [-0.2, -0.15) is 0 Å². The monoisotopic (exact) mass is 210 g/mol. The molecule has 1 aliphatic heterocycles. The van der Waals surface area contributed by atoms with Crippen molar-refractivity contribution in [3.8, 4) is 0 Å². The van der Waals surface area contributed by atoms with Gasteiger partial charge in [0, 0.05) is 24.5 Å². The highest BCUT2D eigenvalue weighted by atomic mass is 16.1. The summed E-state index contributed by atoms with van der Waals surface area (Å²) < 4.78 is 0. The van der Waals surface area contributed by atoms with Crippen LogP contribution in [0.5, 0.6) is 0 Å². The minimum atomic E-state index is 0.112. The lowest BCUT2D eigenvalue weighted by Gasteiger charge is -2.33. The van der Waals surface area contributed by atoms with Gasteiger partial charge in [-0.15, -0.1) is 0 Å². The number of amides is 1. The van der Waals surface area contributed by atoms with E-state index in [0.717, 1.165) is 19.0 Å². The maximum Gasteiger partial charge on any atom is 0.222 e. The molecule has 1 heterocycles. The highest BCUT2D eigenvalue weighted by molar-refractivity contribution is 5.78. The molecule has 2 aliphatic rings. The summed E-state index contributed by atoms with van der Waals surface area (Å²) in [5, 5.41) is 3.15. The number of nitrogens with zero attached hydrogens (tertiary/aromatic N) is 1. The predicted octanol–water partition coefficient (Wildman–Crippen LogP) is 1.39. The number of hydrogen-bond donors (Lipinski definition) is 1. The summed E-state index contributed by atoms with van der Waals surface area (Å²) in [6, 6.07) is 1.23. The first kappa shape index (κ1) is 10.9. The van der Waals surface area contributed by atoms with Gasteiger partial charge in [0.05, 0.1) is 0 Å². The number of nitrogens with one attached hydrogen (secondary N) is 1. The Morgan fingerprint density at radius 2 is 2.07 bits per heavy atom. The second-order valence-corrected chi connectivity index (χ2v) is 5.23. The molecule has 1 unspecified atom stereocenters. The van der Waals surface area contributed by atoms with Crippen LogP contribution in [-0.2, 0) is 4.79 Å². The van der Waals surface area contributed by atoms with Crippen LogP contribution in [0.25, 0.3) is 0 Å². The van der Waals surface area contributed by atoms with Crippen molar-refractivity contribution in [1.82, 2.24) is 10.2 Å². The molecule has 0 aromatic rings. The van der Waals surface area contributed by atoms with Crippen molar-refractivity contribution in [3.05, 3.63) is 0 Å². The molecule has 0 aromatic carbocycles. The zero-order valence-corrected chi connectivity index (χ0v) is 9.83. The van der Waals surface area contributed by atoms with Gasteiger partial charge >= 0.3 is 0 Å². The van der Waals surface area contributed by atoms with Crippen molar-refractivity contribution >= 4 is 5.91 Å². The summed E-state index contributed by atoms with van der Waals surface area (Å²) in [6.45, 7) is 6.22. The minimum Gasteiger partial charge on any atom is -0.352 e. The van der Waals surface area contributed by atoms with Gasteiger partial charge in [0.1, 0.15) is 0 Å². The second kappa shape index (κ2) is 4.52. The van der Waals surface area contributed by atoms with Crippen LogP contribution in [-0.4, -0.2) is 36.0 Å². The fourth-order valence-electron chi connectivity index (χ4n) is 2.26. The molecule has 1 saturated carbocycles. The Balaban J connectivity index is 1.79. The summed E-state index contributed by atoms with van der Waals surface area (Å²) >= 11 is 0. The molecule has 3 heteroatoms. The first-order chi connectivity index (χ1) is 7.16. The van der Waals surface area contributed by atoms with Crippen LogP contribution in [0, 0.1) is 5.92 Å². The van der Waals surface area contributed by atoms with Crippen molar-refractivity contribution in [2.45, 2.75) is 51.6 Å². The van der Waals surface area contributed by atoms with E-state index in [0.29, 0.717) is 6.04 Å². The molecule has 2 rings (SSSR count). The van der Waals surface area contributed by atoms with Crippen LogP contribution >= 0.6 is 0 Å². The summed E-state index contributed by atoms with van der Waals surface area (Å²) in [7, 11) is 0. The third kappa shape index (κ3) is 2.94. The van der Waals surface area contributed by atoms with Gasteiger partial charge in [-0.25, -0.2) is 0 Å². The highest BCUT2D eigenvalue weighted by Gasteiger charge is 2.32. The van der Waals surface area contributed by atoms with E-state index in [1.54, 1.807) is 0 Å². The van der Waals surface area contributed by atoms with Crippen molar-refractivity contribution < 1.29 is 4.79 Å². The molecule has 1 N–H and O–H groups in total. The Morgan fingerprint density at radius 3 is 2.67 bits per heavy atom. The van der Waals surface area contributed by atoms with Gasteiger partial charge in [0.25, 0.3) is 0 Å². The largest absolute Gasteiger partial charge is 0.352 e. The van der Waals surface area contributed by atoms with Gasteiger partial charge in [0.2, 0.25) is 5.91 Å². The molecule has 1 aliphatic carbocycles. The Hall–Kier alpha value is -0.570. The third-order valence-electron chi connectivity index (χ3n) is 3.39. The Kier molecular flexibility index (Phi) is 3.29. The minimum absolute atomic E-state index is 0.112. The van der Waals surface area contributed by atoms with Gasteiger partial charge in [-0.1, -0.05) is 13.8 Å². The summed E-state index contributed by atoms with van der Waals surface area (Å²) in [5.74, 6) is 0.318. The first-order valence-corrected chi connectivity index (χ1v) is 6.21. The highest BCUT2D eigenvalue weighted by Crippen LogP contribution is 2.29. The molecule has 3 nitrogen and oxygen atoms in total. The molecule has 0 radical (unpaired) electrons. The smallest absolute Gasteiger partial charge is 0.222 e. The molecule has 0 aromatic heterocycles. The maximum atomic E-state index is 11.6. The topological polar surface area (TPSA) is 32.3 Å². The van der Waals surface area contributed by atoms with E-state index in [2.05, 4.69) is 10.2 Å². The number of piperidine rings is 1. The van der Waals surface area contributed by atoms with Crippen LogP contribution in [0.4, 0.5) is 0 Å². The molecule has 1 saturated heterocycles. The molecular weight excluding hydrogens is 188 g/mol. The molecule has 1 amide bonds. The molecule has 15 heavy (non-hydrogen) atoms. The molecule has 86 valence electrons. The van der Waals surface area contributed by atoms with E-state index >= 15 is 0 Å². The molecule has 2 fully saturated rings. The zero-order chi connectivity index (χ0) is 10.8. The van der Waals surface area contributed by atoms with E-state index in [1.807, 2.05) is 13.8 Å². The van der Waals surface area contributed by atoms with Crippen molar-refractivity contribution in [2.75, 3.05) is 13.1 Å². The molecule has 0 spiro atoms. The Morgan fingerprint density at radius 1 is 1.33 bits per heavy atom. The van der Waals surface area contributed by atoms with E-state index in [1.165, 1.54) is 25.8 Å². The van der Waals surface area contributed by atoms with E-state index in [9.17, 15) is 4.79 Å². The van der Waals surface area contributed by atoms with Crippen LogP contribution in [0.2, 0.25) is 0 Å². The van der Waals surface area contributed by atoms with Gasteiger partial charge in [0.15, 0.2) is 0 Å². The zero-order valence-electron chi connectivity index (χ0n) is 9.83. The standard InChI is InChI=1S/C12H22N2O/c1-9(2)12(15)13-10-4-3-7-14(8-10)11-5-6-11/h9-11H,3-8H2,1-2H3,(H,13,15). The second-order valence-electron chi connectivity index (χ2n) is 5.23. The first-order valence-electron chi connectivity index (χ1n) is 6.21. The molecular formula is C12H22N2O. The van der Waals surface area contributed by atoms with E-state index < -0.39 is 0 Å². The van der Waals surface area contributed by atoms with Crippen LogP contribution in [0.1, 0.15) is 39.5 Å². The fourth-order valence-corrected chi connectivity index (χ4v) is 2.26. The Bertz CT molecular complexity index is 236. The number of carbonyl (C=O) groups excluding carboxylic acids is 1. The number of carbonyl (C=O) groups is 1. The fraction of sp³-hybridized carbons (Fsp3) is 0.917. The number of likely N-dealkylation sites (tertiary alicyclic amines) is 1. The van der Waals surface area contributed by atoms with Crippen molar-refractivity contribution in [3.63, 3.8) is 0 Å². The average Bonchev–Trinajstić information content (AvgIpc) is 3.01. The third-order valence-corrected chi connectivity index (χ3v) is 3.39. The van der Waals surface area contributed by atoms with Gasteiger partial charge < -0.3 is 5.32 Å². The average molecular weight is 210 g/mol. The lowest BCUT2D eigenvalue weighted by atomic mass is 10.0. The van der Waals surface area contributed by atoms with Crippen molar-refractivity contribution in [2.24, 2.45) is 5.92 Å². The van der Waals surface area contributed by atoms with Crippen molar-refractivity contribution in [1.29, 1.82) is 0 Å². The van der Waals surface area contributed by atoms with Gasteiger partial charge in [-0.3, -0.25) is 9.69 Å². The summed E-state index contributed by atoms with van der Waals surface area (Å²) in [6.07, 6.45) is 5.12. The number of rotatable bonds is 3. The lowest BCUT2D eigenvalue weighted by Crippen LogP contribution is -2.49. The van der Waals surface area contributed by atoms with Crippen LogP contribution in [0.15, 0.2) is 0 Å². The lowest BCUT2D eigenvalue weighted by molar-refractivity contribution is -0.125. The van der Waals surface area contributed by atoms with E-state index in [4.69, 9.17) is 0 Å². The summed E-state index contributed by atoms with van der Waals surface area (Å²) in [5.41, 5.74) is 0. The van der Waals surface area contributed by atoms with Crippen LogP contribution < -0.4 is 5.32 Å². The maximum absolute atomic E-state index is 11.6. The normalized spacial score (nSPS) is 28.1. The Labute approximate surface area is 92.2 Å².